The van der Waals surface area contributed by atoms with E-state index in [0.717, 1.165) is 31.8 Å². The number of nitrogens with one attached hydrogen (secondary N) is 2. The molecule has 0 bridgehead atoms. The number of hydrogen-bond acceptors (Lipinski definition) is 7. The molecule has 0 radical (unpaired) electrons. The van der Waals surface area contributed by atoms with Gasteiger partial charge in [-0.25, -0.2) is 4.98 Å². The minimum Gasteiger partial charge on any atom is -0.494 e. The van der Waals surface area contributed by atoms with Crippen LogP contribution < -0.4 is 20.3 Å². The zero-order chi connectivity index (χ0) is 24.2. The molecule has 0 aliphatic carbocycles. The van der Waals surface area contributed by atoms with Crippen molar-refractivity contribution in [2.45, 2.75) is 33.7 Å². The van der Waals surface area contributed by atoms with E-state index in [4.69, 9.17) is 4.74 Å². The fourth-order valence-corrected chi connectivity index (χ4v) is 5.61. The number of thiophene rings is 1. The first-order valence-electron chi connectivity index (χ1n) is 11.0. The second-order valence-corrected chi connectivity index (χ2v) is 10.3. The molecular formula is C24H26N4O4S2. The molecular weight excluding hydrogens is 472 g/mol. The number of thiazole rings is 1. The van der Waals surface area contributed by atoms with Crippen LogP contribution in [0.3, 0.4) is 0 Å². The molecule has 1 aromatic carbocycles. The van der Waals surface area contributed by atoms with E-state index in [9.17, 15) is 14.4 Å². The number of ether oxygens (including phenoxy) is 1. The van der Waals surface area contributed by atoms with Crippen molar-refractivity contribution in [3.63, 3.8) is 0 Å². The molecule has 3 heterocycles. The second kappa shape index (κ2) is 10.4. The first kappa shape index (κ1) is 23.9. The van der Waals surface area contributed by atoms with E-state index in [1.807, 2.05) is 50.2 Å². The lowest BCUT2D eigenvalue weighted by molar-refractivity contribution is -0.122. The lowest BCUT2D eigenvalue weighted by Crippen LogP contribution is -2.28. The average molecular weight is 499 g/mol. The first-order valence-corrected chi connectivity index (χ1v) is 12.6. The van der Waals surface area contributed by atoms with Gasteiger partial charge >= 0.3 is 0 Å². The number of carbonyl (C=O) groups excluding carboxylic acids is 3. The number of benzene rings is 1. The van der Waals surface area contributed by atoms with E-state index < -0.39 is 5.92 Å². The van der Waals surface area contributed by atoms with Gasteiger partial charge in [0.1, 0.15) is 5.75 Å². The molecule has 0 saturated carbocycles. The molecule has 10 heteroatoms. The van der Waals surface area contributed by atoms with E-state index >= 15 is 0 Å². The van der Waals surface area contributed by atoms with Crippen molar-refractivity contribution in [3.05, 3.63) is 46.2 Å². The largest absolute Gasteiger partial charge is 0.494 e. The molecule has 3 amide bonds. The highest BCUT2D eigenvalue weighted by atomic mass is 32.1. The smallest absolute Gasteiger partial charge is 0.231 e. The highest BCUT2D eigenvalue weighted by Crippen LogP contribution is 2.35. The Hall–Kier alpha value is -3.24. The molecule has 8 nitrogen and oxygen atoms in total. The Balaban J connectivity index is 1.39. The topological polar surface area (TPSA) is 101 Å². The molecule has 1 aliphatic rings. The van der Waals surface area contributed by atoms with Crippen molar-refractivity contribution in [1.29, 1.82) is 0 Å². The van der Waals surface area contributed by atoms with E-state index in [0.29, 0.717) is 24.8 Å². The van der Waals surface area contributed by atoms with Gasteiger partial charge in [0.15, 0.2) is 5.13 Å². The minimum absolute atomic E-state index is 0.0729. The Morgan fingerprint density at radius 3 is 2.65 bits per heavy atom. The van der Waals surface area contributed by atoms with Crippen LogP contribution in [0.4, 0.5) is 10.8 Å². The van der Waals surface area contributed by atoms with Gasteiger partial charge in [0.2, 0.25) is 17.7 Å². The van der Waals surface area contributed by atoms with Crippen LogP contribution in [0.25, 0.3) is 10.6 Å². The molecule has 178 valence electrons. The Labute approximate surface area is 206 Å². The maximum Gasteiger partial charge on any atom is 0.231 e. The van der Waals surface area contributed by atoms with Crippen molar-refractivity contribution >= 4 is 51.2 Å². The maximum absolute atomic E-state index is 12.9. The lowest BCUT2D eigenvalue weighted by atomic mass is 10.1. The molecule has 34 heavy (non-hydrogen) atoms. The molecule has 0 spiro atoms. The Kier molecular flexibility index (Phi) is 7.28. The minimum atomic E-state index is -0.447. The molecule has 1 atom stereocenters. The Morgan fingerprint density at radius 2 is 1.94 bits per heavy atom. The van der Waals surface area contributed by atoms with Crippen molar-refractivity contribution in [1.82, 2.24) is 10.3 Å². The fourth-order valence-electron chi connectivity index (χ4n) is 3.72. The summed E-state index contributed by atoms with van der Waals surface area (Å²) >= 11 is 2.97. The zero-order valence-corrected chi connectivity index (χ0v) is 20.8. The molecule has 2 aromatic heterocycles. The van der Waals surface area contributed by atoms with E-state index in [1.165, 1.54) is 18.3 Å². The van der Waals surface area contributed by atoms with E-state index in [2.05, 4.69) is 15.6 Å². The number of nitrogens with zero attached hydrogens (tertiary/aromatic N) is 2. The van der Waals surface area contributed by atoms with Crippen LogP contribution in [0.2, 0.25) is 0 Å². The summed E-state index contributed by atoms with van der Waals surface area (Å²) in [5.41, 5.74) is 1.57. The highest BCUT2D eigenvalue weighted by Gasteiger charge is 2.35. The summed E-state index contributed by atoms with van der Waals surface area (Å²) in [4.78, 5) is 45.9. The van der Waals surface area contributed by atoms with Gasteiger partial charge in [-0.2, -0.15) is 0 Å². The summed E-state index contributed by atoms with van der Waals surface area (Å²) in [5.74, 6) is -0.0608. The molecule has 1 saturated heterocycles. The molecule has 2 N–H and O–H groups in total. The Morgan fingerprint density at radius 1 is 1.18 bits per heavy atom. The first-order chi connectivity index (χ1) is 16.3. The Bertz CT molecular complexity index is 1200. The number of hydrogen-bond donors (Lipinski definition) is 2. The monoisotopic (exact) mass is 498 g/mol. The van der Waals surface area contributed by atoms with Crippen LogP contribution in [0, 0.1) is 12.8 Å². The van der Waals surface area contributed by atoms with Gasteiger partial charge in [-0.05, 0) is 50.2 Å². The van der Waals surface area contributed by atoms with Crippen LogP contribution in [0.5, 0.6) is 5.75 Å². The van der Waals surface area contributed by atoms with E-state index in [1.54, 1.807) is 16.2 Å². The normalized spacial score (nSPS) is 15.4. The quantitative estimate of drug-likeness (QED) is 0.485. The standard InChI is InChI=1S/C24H26N4O4S2/c1-4-32-18-7-5-17(6-8-18)28-13-16(11-21(28)30)23(31)27-24-26-22(14(2)33-24)20-10-9-19(34-20)12-25-15(3)29/h5-10,16H,4,11-13H2,1-3H3,(H,25,29)(H,26,27,31). The van der Waals surface area contributed by atoms with Crippen LogP contribution >= 0.6 is 22.7 Å². The van der Waals surface area contributed by atoms with Gasteiger partial charge in [0, 0.05) is 35.3 Å². The summed E-state index contributed by atoms with van der Waals surface area (Å²) in [7, 11) is 0. The number of amides is 3. The van der Waals surface area contributed by atoms with Gasteiger partial charge in [-0.3, -0.25) is 14.4 Å². The van der Waals surface area contributed by atoms with Crippen LogP contribution in [0.1, 0.15) is 30.0 Å². The summed E-state index contributed by atoms with van der Waals surface area (Å²) < 4.78 is 5.45. The van der Waals surface area contributed by atoms with Gasteiger partial charge in [0.25, 0.3) is 0 Å². The van der Waals surface area contributed by atoms with Crippen LogP contribution in [0.15, 0.2) is 36.4 Å². The predicted octanol–water partition coefficient (Wildman–Crippen LogP) is 4.21. The van der Waals surface area contributed by atoms with Crippen LogP contribution in [-0.2, 0) is 20.9 Å². The van der Waals surface area contributed by atoms with Crippen molar-refractivity contribution < 1.29 is 19.1 Å². The molecule has 1 unspecified atom stereocenters. The average Bonchev–Trinajstić information content (AvgIpc) is 3.51. The van der Waals surface area contributed by atoms with Gasteiger partial charge in [-0.15, -0.1) is 22.7 Å². The van der Waals surface area contributed by atoms with Crippen molar-refractivity contribution in [2.24, 2.45) is 5.92 Å². The van der Waals surface area contributed by atoms with Crippen LogP contribution in [-0.4, -0.2) is 35.9 Å². The number of aryl methyl sites for hydroxylation is 1. The summed E-state index contributed by atoms with van der Waals surface area (Å²) in [6.45, 7) is 6.75. The lowest BCUT2D eigenvalue weighted by Gasteiger charge is -2.17. The third kappa shape index (κ3) is 5.45. The number of rotatable bonds is 8. The number of anilines is 2. The molecule has 4 rings (SSSR count). The SMILES string of the molecule is CCOc1ccc(N2CC(C(=O)Nc3nc(-c4ccc(CNC(C)=O)s4)c(C)s3)CC2=O)cc1. The third-order valence-electron chi connectivity index (χ3n) is 5.39. The molecule has 1 fully saturated rings. The van der Waals surface area contributed by atoms with Gasteiger partial charge < -0.3 is 20.3 Å². The summed E-state index contributed by atoms with van der Waals surface area (Å²) in [5, 5.41) is 6.20. The predicted molar refractivity (Wildman–Crippen MR) is 134 cm³/mol. The maximum atomic E-state index is 12.9. The highest BCUT2D eigenvalue weighted by molar-refractivity contribution is 7.18. The van der Waals surface area contributed by atoms with Crippen molar-refractivity contribution in [3.8, 4) is 16.3 Å². The molecule has 1 aliphatic heterocycles. The number of aromatic nitrogens is 1. The van der Waals surface area contributed by atoms with Gasteiger partial charge in [0.05, 0.1) is 29.6 Å². The van der Waals surface area contributed by atoms with Gasteiger partial charge in [-0.1, -0.05) is 0 Å². The van der Waals surface area contributed by atoms with E-state index in [-0.39, 0.29) is 24.1 Å². The third-order valence-corrected chi connectivity index (χ3v) is 7.37. The van der Waals surface area contributed by atoms with Crippen molar-refractivity contribution in [2.75, 3.05) is 23.4 Å². The second-order valence-electron chi connectivity index (χ2n) is 7.92. The number of carbonyl (C=O) groups is 3. The summed E-state index contributed by atoms with van der Waals surface area (Å²) in [6, 6.07) is 11.3. The molecule has 3 aromatic rings. The summed E-state index contributed by atoms with van der Waals surface area (Å²) in [6.07, 6.45) is 0.160. The fraction of sp³-hybridized carbons (Fsp3) is 0.333. The zero-order valence-electron chi connectivity index (χ0n) is 19.2.